The van der Waals surface area contributed by atoms with Crippen LogP contribution in [0.25, 0.3) is 0 Å². The van der Waals surface area contributed by atoms with Crippen LogP contribution in [0, 0.1) is 0 Å². The number of nitrogens with zero attached hydrogens (tertiary/aromatic N) is 1. The summed E-state index contributed by atoms with van der Waals surface area (Å²) in [5.41, 5.74) is 5.62. The van der Waals surface area contributed by atoms with Crippen molar-refractivity contribution in [3.63, 3.8) is 0 Å². The predicted molar refractivity (Wildman–Crippen MR) is 85.2 cm³/mol. The van der Waals surface area contributed by atoms with Crippen molar-refractivity contribution in [2.45, 2.75) is 11.8 Å². The Morgan fingerprint density at radius 2 is 1.74 bits per heavy atom. The molecule has 0 saturated heterocycles. The number of hydrogen-bond donors (Lipinski definition) is 1. The van der Waals surface area contributed by atoms with Gasteiger partial charge in [0.1, 0.15) is 9.91 Å². The molecule has 0 amide bonds. The molecule has 0 bridgehead atoms. The molecule has 3 rings (SSSR count). The lowest BCUT2D eigenvalue weighted by atomic mass is 10.1. The Morgan fingerprint density at radius 1 is 1.05 bits per heavy atom. The molecule has 1 heterocycles. The van der Waals surface area contributed by atoms with Gasteiger partial charge in [0, 0.05) is 10.0 Å². The number of halogens is 1. The molecule has 19 heavy (non-hydrogen) atoms. The second-order valence-electron chi connectivity index (χ2n) is 4.54. The molecule has 0 unspecified atom stereocenters. The van der Waals surface area contributed by atoms with Crippen molar-refractivity contribution in [1.29, 1.82) is 0 Å². The number of thioether (sulfide) groups is 1. The van der Waals surface area contributed by atoms with E-state index in [1.807, 2.05) is 18.2 Å². The maximum absolute atomic E-state index is 4.48. The van der Waals surface area contributed by atoms with Gasteiger partial charge in [-0.05, 0) is 24.6 Å². The van der Waals surface area contributed by atoms with Gasteiger partial charge in [-0.15, -0.1) is 0 Å². The maximum Gasteiger partial charge on any atom is 0.128 e. The van der Waals surface area contributed by atoms with Crippen LogP contribution in [0.5, 0.6) is 0 Å². The van der Waals surface area contributed by atoms with E-state index in [0.717, 1.165) is 15.1 Å². The van der Waals surface area contributed by atoms with Crippen molar-refractivity contribution in [3.05, 3.63) is 70.2 Å². The first-order valence-corrected chi connectivity index (χ1v) is 7.64. The summed E-state index contributed by atoms with van der Waals surface area (Å²) in [6.45, 7) is 2.15. The topological polar surface area (TPSA) is 24.4 Å². The molecule has 1 N–H and O–H groups in total. The van der Waals surface area contributed by atoms with E-state index in [9.17, 15) is 0 Å². The summed E-state index contributed by atoms with van der Waals surface area (Å²) in [5, 5.41) is 5.51. The zero-order chi connectivity index (χ0) is 13.3. The van der Waals surface area contributed by atoms with Crippen molar-refractivity contribution in [1.82, 2.24) is 5.43 Å². The Labute approximate surface area is 125 Å². The quantitative estimate of drug-likeness (QED) is 0.885. The standard InChI is InChI=1S/C15H13BrN2S/c1-15(12-7-9-13(16)10-8-12)18-17-14(19-15)11-5-3-2-4-6-11/h2-10,18H,1H3/t15-/m1/s1. The first-order chi connectivity index (χ1) is 9.17. The fourth-order valence-electron chi connectivity index (χ4n) is 1.99. The van der Waals surface area contributed by atoms with Crippen molar-refractivity contribution in [2.75, 3.05) is 0 Å². The second kappa shape index (κ2) is 5.02. The molecule has 4 heteroatoms. The van der Waals surface area contributed by atoms with Crippen LogP contribution in [0.1, 0.15) is 18.1 Å². The molecule has 0 aromatic heterocycles. The Bertz CT molecular complexity index is 610. The summed E-state index contributed by atoms with van der Waals surface area (Å²) in [6, 6.07) is 18.6. The normalized spacial score (nSPS) is 21.9. The van der Waals surface area contributed by atoms with E-state index in [1.54, 1.807) is 11.8 Å². The van der Waals surface area contributed by atoms with Crippen LogP contribution in [0.4, 0.5) is 0 Å². The molecular weight excluding hydrogens is 320 g/mol. The third-order valence-corrected chi connectivity index (χ3v) is 4.87. The zero-order valence-corrected chi connectivity index (χ0v) is 12.8. The van der Waals surface area contributed by atoms with Crippen LogP contribution < -0.4 is 5.43 Å². The Balaban J connectivity index is 1.85. The van der Waals surface area contributed by atoms with Gasteiger partial charge in [0.05, 0.1) is 0 Å². The van der Waals surface area contributed by atoms with E-state index in [1.165, 1.54) is 5.56 Å². The van der Waals surface area contributed by atoms with Crippen LogP contribution >= 0.6 is 27.7 Å². The smallest absolute Gasteiger partial charge is 0.128 e. The van der Waals surface area contributed by atoms with Gasteiger partial charge in [-0.1, -0.05) is 70.2 Å². The molecular formula is C15H13BrN2S. The number of nitrogens with one attached hydrogen (secondary N) is 1. The van der Waals surface area contributed by atoms with Crippen LogP contribution in [0.3, 0.4) is 0 Å². The molecule has 0 aliphatic carbocycles. The highest BCUT2D eigenvalue weighted by atomic mass is 79.9. The first-order valence-electron chi connectivity index (χ1n) is 6.03. The maximum atomic E-state index is 4.48. The van der Waals surface area contributed by atoms with Crippen molar-refractivity contribution in [3.8, 4) is 0 Å². The van der Waals surface area contributed by atoms with Gasteiger partial charge in [0.15, 0.2) is 0 Å². The molecule has 2 aromatic rings. The highest BCUT2D eigenvalue weighted by Gasteiger charge is 2.34. The first kappa shape index (κ1) is 12.8. The second-order valence-corrected chi connectivity index (χ2v) is 6.86. The molecule has 2 nitrogen and oxygen atoms in total. The fraction of sp³-hybridized carbons (Fsp3) is 0.133. The molecule has 0 radical (unpaired) electrons. The van der Waals surface area contributed by atoms with Crippen LogP contribution in [-0.2, 0) is 4.87 Å². The Hall–Kier alpha value is -1.26. The molecule has 1 aliphatic heterocycles. The summed E-state index contributed by atoms with van der Waals surface area (Å²) in [4.78, 5) is -0.203. The monoisotopic (exact) mass is 332 g/mol. The Morgan fingerprint density at radius 3 is 2.42 bits per heavy atom. The molecule has 96 valence electrons. The average molecular weight is 333 g/mol. The molecule has 0 saturated carbocycles. The van der Waals surface area contributed by atoms with Crippen LogP contribution in [0.2, 0.25) is 0 Å². The van der Waals surface area contributed by atoms with Gasteiger partial charge in [-0.2, -0.15) is 5.10 Å². The van der Waals surface area contributed by atoms with Crippen molar-refractivity contribution < 1.29 is 0 Å². The van der Waals surface area contributed by atoms with Gasteiger partial charge >= 0.3 is 0 Å². The highest BCUT2D eigenvalue weighted by molar-refractivity contribution is 9.10. The lowest BCUT2D eigenvalue weighted by Crippen LogP contribution is -2.28. The number of hydrogen-bond acceptors (Lipinski definition) is 3. The van der Waals surface area contributed by atoms with Crippen molar-refractivity contribution in [2.24, 2.45) is 5.10 Å². The predicted octanol–water partition coefficient (Wildman–Crippen LogP) is 4.32. The van der Waals surface area contributed by atoms with E-state index in [-0.39, 0.29) is 4.87 Å². The van der Waals surface area contributed by atoms with Crippen LogP contribution in [-0.4, -0.2) is 5.04 Å². The van der Waals surface area contributed by atoms with E-state index in [4.69, 9.17) is 0 Å². The SMILES string of the molecule is C[C@@]1(c2ccc(Br)cc2)NN=C(c2ccccc2)S1. The summed E-state index contributed by atoms with van der Waals surface area (Å²) in [5.74, 6) is 0. The summed E-state index contributed by atoms with van der Waals surface area (Å²) < 4.78 is 1.09. The lowest BCUT2D eigenvalue weighted by Gasteiger charge is -2.23. The third kappa shape index (κ3) is 2.55. The average Bonchev–Trinajstić information content (AvgIpc) is 2.84. The Kier molecular flexibility index (Phi) is 3.37. The van der Waals surface area contributed by atoms with Gasteiger partial charge in [0.25, 0.3) is 0 Å². The van der Waals surface area contributed by atoms with Crippen molar-refractivity contribution >= 4 is 32.7 Å². The summed E-state index contributed by atoms with van der Waals surface area (Å²) >= 11 is 5.21. The number of hydrazone groups is 1. The van der Waals surface area contributed by atoms with Gasteiger partial charge in [0.2, 0.25) is 0 Å². The molecule has 1 atom stereocenters. The lowest BCUT2D eigenvalue weighted by molar-refractivity contribution is 0.563. The van der Waals surface area contributed by atoms with Gasteiger partial charge in [-0.3, -0.25) is 5.43 Å². The number of rotatable bonds is 2. The summed E-state index contributed by atoms with van der Waals surface area (Å²) in [7, 11) is 0. The fourth-order valence-corrected chi connectivity index (χ4v) is 3.33. The number of benzene rings is 2. The van der Waals surface area contributed by atoms with Gasteiger partial charge in [-0.25, -0.2) is 0 Å². The third-order valence-electron chi connectivity index (χ3n) is 3.09. The minimum atomic E-state index is -0.203. The van der Waals surface area contributed by atoms with E-state index in [2.05, 4.69) is 69.8 Å². The van der Waals surface area contributed by atoms with E-state index in [0.29, 0.717) is 0 Å². The molecule has 1 aliphatic rings. The highest BCUT2D eigenvalue weighted by Crippen LogP contribution is 2.40. The van der Waals surface area contributed by atoms with E-state index >= 15 is 0 Å². The summed E-state index contributed by atoms with van der Waals surface area (Å²) in [6.07, 6.45) is 0. The molecule has 2 aromatic carbocycles. The molecule has 0 fully saturated rings. The molecule has 0 spiro atoms. The van der Waals surface area contributed by atoms with Crippen LogP contribution in [0.15, 0.2) is 64.2 Å². The van der Waals surface area contributed by atoms with Gasteiger partial charge < -0.3 is 0 Å². The minimum Gasteiger partial charge on any atom is -0.288 e. The largest absolute Gasteiger partial charge is 0.288 e. The van der Waals surface area contributed by atoms with E-state index < -0.39 is 0 Å². The minimum absolute atomic E-state index is 0.203. The zero-order valence-electron chi connectivity index (χ0n) is 10.4.